The number of hydrogen-bond donors (Lipinski definition) is 1. The summed E-state index contributed by atoms with van der Waals surface area (Å²) in [6.07, 6.45) is -1.18. The van der Waals surface area contributed by atoms with Crippen molar-refractivity contribution in [2.75, 3.05) is 5.32 Å². The van der Waals surface area contributed by atoms with Crippen LogP contribution >= 0.6 is 11.3 Å². The lowest BCUT2D eigenvalue weighted by Crippen LogP contribution is -2.30. The molecule has 6 nitrogen and oxygen atoms in total. The van der Waals surface area contributed by atoms with Gasteiger partial charge < -0.3 is 10.1 Å². The van der Waals surface area contributed by atoms with E-state index in [-0.39, 0.29) is 24.4 Å². The van der Waals surface area contributed by atoms with Crippen molar-refractivity contribution in [3.05, 3.63) is 88.1 Å². The summed E-state index contributed by atoms with van der Waals surface area (Å²) in [5.41, 5.74) is 1.17. The minimum Gasteiger partial charge on any atom is -0.453 e. The minimum atomic E-state index is -1.08. The second-order valence-electron chi connectivity index (χ2n) is 6.76. The maximum absolute atomic E-state index is 12.8. The van der Waals surface area contributed by atoms with Crippen molar-refractivity contribution in [1.82, 2.24) is 0 Å². The molecule has 1 heterocycles. The summed E-state index contributed by atoms with van der Waals surface area (Å²) in [5.74, 6) is -1.57. The van der Waals surface area contributed by atoms with Crippen LogP contribution in [0.25, 0.3) is 0 Å². The Kier molecular flexibility index (Phi) is 7.45. The fourth-order valence-electron chi connectivity index (χ4n) is 2.86. The van der Waals surface area contributed by atoms with Crippen molar-refractivity contribution in [3.8, 4) is 0 Å². The number of carbonyl (C=O) groups excluding carboxylic acids is 4. The van der Waals surface area contributed by atoms with E-state index in [4.69, 9.17) is 4.74 Å². The van der Waals surface area contributed by atoms with Crippen LogP contribution in [0, 0.1) is 0 Å². The van der Waals surface area contributed by atoms with Gasteiger partial charge in [-0.15, -0.1) is 11.3 Å². The highest BCUT2D eigenvalue weighted by molar-refractivity contribution is 7.12. The molecule has 0 fully saturated rings. The van der Waals surface area contributed by atoms with E-state index < -0.39 is 18.0 Å². The molecular formula is C24H21NO5S. The van der Waals surface area contributed by atoms with Gasteiger partial charge in [0.1, 0.15) is 0 Å². The molecule has 0 radical (unpaired) electrons. The lowest BCUT2D eigenvalue weighted by molar-refractivity contribution is -0.153. The molecule has 1 N–H and O–H groups in total. The largest absolute Gasteiger partial charge is 0.453 e. The Morgan fingerprint density at radius 3 is 2.32 bits per heavy atom. The number of ether oxygens (including phenoxy) is 1. The second kappa shape index (κ2) is 10.4. The summed E-state index contributed by atoms with van der Waals surface area (Å²) in [7, 11) is 0. The highest BCUT2D eigenvalue weighted by Crippen LogP contribution is 2.20. The summed E-state index contributed by atoms with van der Waals surface area (Å²) < 4.78 is 5.15. The first-order valence-electron chi connectivity index (χ1n) is 9.71. The van der Waals surface area contributed by atoms with E-state index in [1.165, 1.54) is 18.3 Å². The Morgan fingerprint density at radius 1 is 0.903 bits per heavy atom. The first-order chi connectivity index (χ1) is 15.0. The molecule has 0 aliphatic heterocycles. The van der Waals surface area contributed by atoms with Crippen molar-refractivity contribution in [1.29, 1.82) is 0 Å². The smallest absolute Gasteiger partial charge is 0.307 e. The van der Waals surface area contributed by atoms with Gasteiger partial charge in [0.25, 0.3) is 5.91 Å². The van der Waals surface area contributed by atoms with E-state index in [1.54, 1.807) is 66.0 Å². The van der Waals surface area contributed by atoms with Gasteiger partial charge in [-0.1, -0.05) is 48.5 Å². The van der Waals surface area contributed by atoms with Gasteiger partial charge in [-0.2, -0.15) is 0 Å². The molecule has 31 heavy (non-hydrogen) atoms. The Hall–Kier alpha value is -3.58. The molecule has 0 aliphatic carbocycles. The van der Waals surface area contributed by atoms with Crippen LogP contribution in [0.1, 0.15) is 45.4 Å². The fraction of sp³-hybridized carbons (Fsp3) is 0.167. The quantitative estimate of drug-likeness (QED) is 0.394. The first kappa shape index (κ1) is 22.1. The Morgan fingerprint density at radius 2 is 1.61 bits per heavy atom. The van der Waals surface area contributed by atoms with Crippen molar-refractivity contribution in [2.45, 2.75) is 25.9 Å². The molecule has 3 rings (SSSR count). The minimum absolute atomic E-state index is 0.0160. The van der Waals surface area contributed by atoms with Gasteiger partial charge in [0.15, 0.2) is 17.7 Å². The number of thiophene rings is 1. The van der Waals surface area contributed by atoms with Crippen LogP contribution in [0.15, 0.2) is 72.1 Å². The molecule has 1 amide bonds. The standard InChI is InChI=1S/C24H21NO5S/c1-16(30-22(27)14-13-20(26)21-12-7-15-31-21)24(29)25-19-11-6-5-10-18(19)23(28)17-8-3-2-4-9-17/h2-12,15-16H,13-14H2,1H3,(H,25,29)/t16-/m0/s1. The Bertz CT molecular complexity index is 1080. The predicted octanol–water partition coefficient (Wildman–Crippen LogP) is 4.51. The highest BCUT2D eigenvalue weighted by Gasteiger charge is 2.21. The number of ketones is 2. The van der Waals surface area contributed by atoms with Gasteiger partial charge in [0.2, 0.25) is 0 Å². The lowest BCUT2D eigenvalue weighted by Gasteiger charge is -2.15. The number of anilines is 1. The maximum atomic E-state index is 12.8. The van der Waals surface area contributed by atoms with Crippen molar-refractivity contribution < 1.29 is 23.9 Å². The van der Waals surface area contributed by atoms with E-state index >= 15 is 0 Å². The third-order valence-electron chi connectivity index (χ3n) is 4.50. The summed E-state index contributed by atoms with van der Waals surface area (Å²) in [6.45, 7) is 1.44. The topological polar surface area (TPSA) is 89.5 Å². The number of nitrogens with one attached hydrogen (secondary N) is 1. The first-order valence-corrected chi connectivity index (χ1v) is 10.6. The van der Waals surface area contributed by atoms with Crippen LogP contribution < -0.4 is 5.32 Å². The number of Topliss-reactive ketones (excluding diaryl/α,β-unsaturated/α-hetero) is 1. The molecule has 0 saturated heterocycles. The van der Waals surface area contributed by atoms with Gasteiger partial charge in [0, 0.05) is 17.5 Å². The van der Waals surface area contributed by atoms with Crippen molar-refractivity contribution >= 4 is 40.5 Å². The second-order valence-corrected chi connectivity index (χ2v) is 7.71. The molecule has 0 bridgehead atoms. The Balaban J connectivity index is 1.58. The van der Waals surface area contributed by atoms with E-state index in [1.807, 2.05) is 6.07 Å². The zero-order chi connectivity index (χ0) is 22.2. The van der Waals surface area contributed by atoms with Crippen LogP contribution in [0.2, 0.25) is 0 Å². The monoisotopic (exact) mass is 435 g/mol. The zero-order valence-corrected chi connectivity index (χ0v) is 17.7. The molecule has 7 heteroatoms. The average Bonchev–Trinajstić information content (AvgIpc) is 3.33. The number of esters is 1. The average molecular weight is 436 g/mol. The molecule has 0 saturated carbocycles. The molecule has 0 unspecified atom stereocenters. The molecular weight excluding hydrogens is 414 g/mol. The van der Waals surface area contributed by atoms with Crippen LogP contribution in [0.5, 0.6) is 0 Å². The van der Waals surface area contributed by atoms with Gasteiger partial charge in [-0.05, 0) is 30.5 Å². The van der Waals surface area contributed by atoms with Crippen LogP contribution in [-0.4, -0.2) is 29.5 Å². The van der Waals surface area contributed by atoms with Gasteiger partial charge in [-0.25, -0.2) is 0 Å². The van der Waals surface area contributed by atoms with Crippen LogP contribution in [0.4, 0.5) is 5.69 Å². The Labute approximate surface area is 183 Å². The molecule has 0 aliphatic rings. The number of benzene rings is 2. The zero-order valence-electron chi connectivity index (χ0n) is 16.9. The number of rotatable bonds is 9. The van der Waals surface area contributed by atoms with E-state index in [2.05, 4.69) is 5.32 Å². The number of carbonyl (C=O) groups is 4. The van der Waals surface area contributed by atoms with Gasteiger partial charge in [-0.3, -0.25) is 19.2 Å². The van der Waals surface area contributed by atoms with Crippen LogP contribution in [0.3, 0.4) is 0 Å². The SMILES string of the molecule is C[C@H](OC(=O)CCC(=O)c1cccs1)C(=O)Nc1ccccc1C(=O)c1ccccc1. The molecule has 0 spiro atoms. The molecule has 2 aromatic carbocycles. The summed E-state index contributed by atoms with van der Waals surface area (Å²) in [6, 6.07) is 18.8. The van der Waals surface area contributed by atoms with Gasteiger partial charge >= 0.3 is 5.97 Å². The fourth-order valence-corrected chi connectivity index (χ4v) is 3.55. The number of para-hydroxylation sites is 1. The van der Waals surface area contributed by atoms with Crippen molar-refractivity contribution in [3.63, 3.8) is 0 Å². The molecule has 1 aromatic heterocycles. The summed E-state index contributed by atoms with van der Waals surface area (Å²) >= 11 is 1.31. The van der Waals surface area contributed by atoms with E-state index in [9.17, 15) is 19.2 Å². The normalized spacial score (nSPS) is 11.4. The number of hydrogen-bond acceptors (Lipinski definition) is 6. The summed E-state index contributed by atoms with van der Waals surface area (Å²) in [4.78, 5) is 49.9. The molecule has 1 atom stereocenters. The highest BCUT2D eigenvalue weighted by atomic mass is 32.1. The van der Waals surface area contributed by atoms with Crippen molar-refractivity contribution in [2.24, 2.45) is 0 Å². The third kappa shape index (κ3) is 5.96. The summed E-state index contributed by atoms with van der Waals surface area (Å²) in [5, 5.41) is 4.44. The maximum Gasteiger partial charge on any atom is 0.307 e. The van der Waals surface area contributed by atoms with E-state index in [0.717, 1.165) is 0 Å². The predicted molar refractivity (Wildman–Crippen MR) is 118 cm³/mol. The van der Waals surface area contributed by atoms with Gasteiger partial charge in [0.05, 0.1) is 17.0 Å². The molecule has 3 aromatic rings. The van der Waals surface area contributed by atoms with E-state index in [0.29, 0.717) is 21.7 Å². The number of amides is 1. The molecule has 158 valence electrons. The van der Waals surface area contributed by atoms with Crippen LogP contribution in [-0.2, 0) is 14.3 Å². The lowest BCUT2D eigenvalue weighted by atomic mass is 10.0. The third-order valence-corrected chi connectivity index (χ3v) is 5.41.